The van der Waals surface area contributed by atoms with Gasteiger partial charge in [-0.2, -0.15) is 4.52 Å². The van der Waals surface area contributed by atoms with Crippen LogP contribution >= 0.6 is 0 Å². The van der Waals surface area contributed by atoms with Gasteiger partial charge in [-0.15, -0.1) is 15.3 Å². The molecule has 4 rings (SSSR count). The van der Waals surface area contributed by atoms with Gasteiger partial charge >= 0.3 is 0 Å². The van der Waals surface area contributed by atoms with Crippen molar-refractivity contribution in [2.24, 2.45) is 0 Å². The van der Waals surface area contributed by atoms with E-state index in [1.54, 1.807) is 23.8 Å². The predicted molar refractivity (Wildman–Crippen MR) is 109 cm³/mol. The molecule has 0 bridgehead atoms. The quantitative estimate of drug-likeness (QED) is 0.658. The highest BCUT2D eigenvalue weighted by atomic mass is 16.5. The van der Waals surface area contributed by atoms with Crippen LogP contribution in [-0.2, 0) is 17.8 Å². The second-order valence-corrected chi connectivity index (χ2v) is 7.37. The number of benzene rings is 1. The molecular formula is C21H26N6O2. The number of piperidine rings is 1. The Morgan fingerprint density at radius 2 is 1.93 bits per heavy atom. The van der Waals surface area contributed by atoms with Gasteiger partial charge in [0, 0.05) is 44.6 Å². The Morgan fingerprint density at radius 1 is 1.14 bits per heavy atom. The van der Waals surface area contributed by atoms with Gasteiger partial charge in [0.1, 0.15) is 0 Å². The number of methoxy groups -OCH3 is 1. The molecule has 152 valence electrons. The van der Waals surface area contributed by atoms with Crippen molar-refractivity contribution in [3.05, 3.63) is 53.9 Å². The van der Waals surface area contributed by atoms with Crippen LogP contribution in [0.25, 0.3) is 5.65 Å². The normalized spacial score (nSPS) is 15.5. The summed E-state index contributed by atoms with van der Waals surface area (Å²) in [5, 5.41) is 15.7. The molecule has 1 saturated heterocycles. The van der Waals surface area contributed by atoms with Crippen molar-refractivity contribution in [2.75, 3.05) is 20.2 Å². The zero-order valence-electron chi connectivity index (χ0n) is 16.6. The average molecular weight is 394 g/mol. The highest BCUT2D eigenvalue weighted by Gasteiger charge is 2.21. The first kappa shape index (κ1) is 19.3. The molecule has 1 fully saturated rings. The molecule has 1 aliphatic heterocycles. The molecule has 0 radical (unpaired) electrons. The number of rotatable bonds is 7. The molecule has 1 N–H and O–H groups in total. The van der Waals surface area contributed by atoms with Crippen LogP contribution in [0.15, 0.2) is 42.5 Å². The van der Waals surface area contributed by atoms with Gasteiger partial charge in [-0.05, 0) is 24.5 Å². The van der Waals surface area contributed by atoms with Crippen LogP contribution in [0, 0.1) is 0 Å². The fourth-order valence-corrected chi connectivity index (χ4v) is 3.68. The highest BCUT2D eigenvalue weighted by Crippen LogP contribution is 2.14. The number of aromatic nitrogens is 4. The van der Waals surface area contributed by atoms with Gasteiger partial charge in [-0.25, -0.2) is 0 Å². The van der Waals surface area contributed by atoms with Gasteiger partial charge in [0.2, 0.25) is 11.8 Å². The third-order valence-electron chi connectivity index (χ3n) is 5.29. The summed E-state index contributed by atoms with van der Waals surface area (Å²) < 4.78 is 6.78. The lowest BCUT2D eigenvalue weighted by Crippen LogP contribution is -2.44. The minimum Gasteiger partial charge on any atom is -0.480 e. The number of hydrogen-bond donors (Lipinski definition) is 1. The molecule has 1 amide bonds. The van der Waals surface area contributed by atoms with Gasteiger partial charge in [-0.1, -0.05) is 30.3 Å². The number of nitrogens with one attached hydrogen (secondary N) is 1. The second-order valence-electron chi connectivity index (χ2n) is 7.37. The number of ether oxygens (including phenoxy) is 1. The number of aryl methyl sites for hydroxylation is 1. The number of fused-ring (bicyclic) bond motifs is 1. The van der Waals surface area contributed by atoms with Crippen LogP contribution in [0.5, 0.6) is 5.88 Å². The molecule has 8 nitrogen and oxygen atoms in total. The van der Waals surface area contributed by atoms with E-state index in [0.29, 0.717) is 30.2 Å². The Kier molecular flexibility index (Phi) is 6.00. The van der Waals surface area contributed by atoms with Gasteiger partial charge in [0.15, 0.2) is 11.5 Å². The third kappa shape index (κ3) is 4.89. The van der Waals surface area contributed by atoms with E-state index in [9.17, 15) is 4.79 Å². The summed E-state index contributed by atoms with van der Waals surface area (Å²) in [6, 6.07) is 14.3. The summed E-state index contributed by atoms with van der Waals surface area (Å²) in [7, 11) is 1.57. The van der Waals surface area contributed by atoms with E-state index in [1.807, 2.05) is 6.07 Å². The molecule has 3 heterocycles. The molecular weight excluding hydrogens is 368 g/mol. The number of carbonyl (C=O) groups is 1. The van der Waals surface area contributed by atoms with Crippen molar-refractivity contribution in [1.82, 2.24) is 30.0 Å². The maximum absolute atomic E-state index is 12.4. The Bertz CT molecular complexity index is 950. The van der Waals surface area contributed by atoms with E-state index in [2.05, 4.69) is 49.8 Å². The second kappa shape index (κ2) is 9.00. The van der Waals surface area contributed by atoms with E-state index in [4.69, 9.17) is 4.74 Å². The largest absolute Gasteiger partial charge is 0.480 e. The topological polar surface area (TPSA) is 84.6 Å². The average Bonchev–Trinajstić information content (AvgIpc) is 3.16. The molecule has 0 atom stereocenters. The fourth-order valence-electron chi connectivity index (χ4n) is 3.68. The first-order chi connectivity index (χ1) is 14.2. The van der Waals surface area contributed by atoms with E-state index in [-0.39, 0.29) is 11.9 Å². The molecule has 0 saturated carbocycles. The van der Waals surface area contributed by atoms with Gasteiger partial charge in [-0.3, -0.25) is 9.69 Å². The van der Waals surface area contributed by atoms with Crippen molar-refractivity contribution in [1.29, 1.82) is 0 Å². The maximum Gasteiger partial charge on any atom is 0.231 e. The number of amides is 1. The van der Waals surface area contributed by atoms with E-state index >= 15 is 0 Å². The van der Waals surface area contributed by atoms with Crippen molar-refractivity contribution in [3.8, 4) is 5.88 Å². The van der Waals surface area contributed by atoms with Gasteiger partial charge in [0.05, 0.1) is 7.11 Å². The summed E-state index contributed by atoms with van der Waals surface area (Å²) in [6.45, 7) is 2.97. The predicted octanol–water partition coefficient (Wildman–Crippen LogP) is 1.85. The minimum atomic E-state index is 0.0474. The van der Waals surface area contributed by atoms with Gasteiger partial charge in [0.25, 0.3) is 0 Å². The standard InChI is InChI=1S/C21H26N6O2/c1-29-21-10-8-19-24-23-18(27(19)25-21)7-9-20(28)22-17-11-13-26(14-12-17)15-16-5-3-2-4-6-16/h2-6,8,10,17H,7,9,11-15H2,1H3,(H,22,28). The van der Waals surface area contributed by atoms with E-state index < -0.39 is 0 Å². The third-order valence-corrected chi connectivity index (χ3v) is 5.29. The molecule has 29 heavy (non-hydrogen) atoms. The molecule has 2 aromatic heterocycles. The summed E-state index contributed by atoms with van der Waals surface area (Å²) in [4.78, 5) is 14.9. The first-order valence-electron chi connectivity index (χ1n) is 10.0. The lowest BCUT2D eigenvalue weighted by molar-refractivity contribution is -0.122. The molecule has 1 aliphatic rings. The number of likely N-dealkylation sites (tertiary alicyclic amines) is 1. The lowest BCUT2D eigenvalue weighted by atomic mass is 10.0. The van der Waals surface area contributed by atoms with Crippen LogP contribution in [0.4, 0.5) is 0 Å². The molecule has 0 aliphatic carbocycles. The zero-order valence-corrected chi connectivity index (χ0v) is 16.6. The van der Waals surface area contributed by atoms with E-state index in [0.717, 1.165) is 32.5 Å². The molecule has 8 heteroatoms. The monoisotopic (exact) mass is 394 g/mol. The molecule has 0 spiro atoms. The Morgan fingerprint density at radius 3 is 2.69 bits per heavy atom. The Hall–Kier alpha value is -3.00. The van der Waals surface area contributed by atoms with Crippen molar-refractivity contribution >= 4 is 11.6 Å². The van der Waals surface area contributed by atoms with Crippen molar-refractivity contribution in [2.45, 2.75) is 38.3 Å². The smallest absolute Gasteiger partial charge is 0.231 e. The summed E-state index contributed by atoms with van der Waals surface area (Å²) in [6.07, 6.45) is 2.81. The molecule has 0 unspecified atom stereocenters. The van der Waals surface area contributed by atoms with Crippen LogP contribution in [0.3, 0.4) is 0 Å². The van der Waals surface area contributed by atoms with Crippen LogP contribution in [-0.4, -0.2) is 56.9 Å². The number of nitrogens with zero attached hydrogens (tertiary/aromatic N) is 5. The van der Waals surface area contributed by atoms with Crippen LogP contribution in [0.2, 0.25) is 0 Å². The Balaban J connectivity index is 1.23. The molecule has 3 aromatic rings. The Labute approximate surface area is 169 Å². The number of carbonyl (C=O) groups excluding carboxylic acids is 1. The maximum atomic E-state index is 12.4. The summed E-state index contributed by atoms with van der Waals surface area (Å²) in [5.74, 6) is 1.20. The highest BCUT2D eigenvalue weighted by molar-refractivity contribution is 5.76. The SMILES string of the molecule is COc1ccc2nnc(CCC(=O)NC3CCN(Cc4ccccc4)CC3)n2n1. The van der Waals surface area contributed by atoms with Crippen LogP contribution < -0.4 is 10.1 Å². The van der Waals surface area contributed by atoms with Crippen LogP contribution in [0.1, 0.15) is 30.7 Å². The number of hydrogen-bond acceptors (Lipinski definition) is 6. The minimum absolute atomic E-state index is 0.0474. The van der Waals surface area contributed by atoms with Crippen molar-refractivity contribution < 1.29 is 9.53 Å². The first-order valence-corrected chi connectivity index (χ1v) is 10.0. The molecule has 1 aromatic carbocycles. The fraction of sp³-hybridized carbons (Fsp3) is 0.429. The summed E-state index contributed by atoms with van der Waals surface area (Å²) >= 11 is 0. The van der Waals surface area contributed by atoms with Crippen molar-refractivity contribution in [3.63, 3.8) is 0 Å². The van der Waals surface area contributed by atoms with E-state index in [1.165, 1.54) is 5.56 Å². The lowest BCUT2D eigenvalue weighted by Gasteiger charge is -2.32. The summed E-state index contributed by atoms with van der Waals surface area (Å²) in [5.41, 5.74) is 1.98. The zero-order chi connectivity index (χ0) is 20.1. The van der Waals surface area contributed by atoms with Gasteiger partial charge < -0.3 is 10.1 Å².